The molecule has 4 bridgehead atoms. The molecule has 0 radical (unpaired) electrons. The Kier molecular flexibility index (Phi) is 7.43. The molecule has 0 spiro atoms. The molecule has 0 saturated heterocycles. The number of rotatable bonds is 4. The van der Waals surface area contributed by atoms with Crippen LogP contribution in [0, 0.1) is 35.5 Å². The quantitative estimate of drug-likeness (QED) is 0.182. The summed E-state index contributed by atoms with van der Waals surface area (Å²) < 4.78 is 2.51. The summed E-state index contributed by atoms with van der Waals surface area (Å²) in [4.78, 5) is 0. The third kappa shape index (κ3) is 5.17. The molecule has 5 aromatic rings. The zero-order valence-electron chi connectivity index (χ0n) is 29.4. The summed E-state index contributed by atoms with van der Waals surface area (Å²) in [7, 11) is 0. The van der Waals surface area contributed by atoms with E-state index in [-0.39, 0.29) is 0 Å². The molecule has 4 fully saturated rings. The Morgan fingerprint density at radius 1 is 0.521 bits per heavy atom. The van der Waals surface area contributed by atoms with Crippen LogP contribution in [0.25, 0.3) is 38.6 Å². The summed E-state index contributed by atoms with van der Waals surface area (Å²) in [5.74, 6) is 4.95. The van der Waals surface area contributed by atoms with Gasteiger partial charge in [-0.05, 0) is 175 Å². The lowest BCUT2D eigenvalue weighted by molar-refractivity contribution is 0.0779. The SMILES string of the molecule is CC1CC2CC(C)CC(c3ccc4c(c3)c3cc(C56CC(C)CC(CC(C)C5)C6)ccc3n4-c3cc(Cl)cc(-c4ccccc4)c3)(C1)C2. The van der Waals surface area contributed by atoms with Gasteiger partial charge in [-0.1, -0.05) is 81.8 Å². The fraction of sp³-hybridized carbons (Fsp3) is 0.478. The van der Waals surface area contributed by atoms with Gasteiger partial charge in [0.1, 0.15) is 0 Å². The normalized spacial score (nSPS) is 33.3. The van der Waals surface area contributed by atoms with E-state index in [4.69, 9.17) is 11.6 Å². The van der Waals surface area contributed by atoms with E-state index >= 15 is 0 Å². The van der Waals surface area contributed by atoms with Crippen LogP contribution in [-0.2, 0) is 10.8 Å². The van der Waals surface area contributed by atoms with Gasteiger partial charge in [0.2, 0.25) is 0 Å². The Bertz CT molecular complexity index is 1860. The number of halogens is 1. The maximum Gasteiger partial charge on any atom is 0.0541 e. The van der Waals surface area contributed by atoms with Gasteiger partial charge in [0.05, 0.1) is 11.0 Å². The highest BCUT2D eigenvalue weighted by Crippen LogP contribution is 2.56. The van der Waals surface area contributed by atoms with Crippen molar-refractivity contribution >= 4 is 33.4 Å². The molecular weight excluding hydrogens is 602 g/mol. The Hall–Kier alpha value is -3.03. The van der Waals surface area contributed by atoms with E-state index in [0.29, 0.717) is 10.8 Å². The minimum atomic E-state index is 0.306. The van der Waals surface area contributed by atoms with Crippen molar-refractivity contribution in [2.24, 2.45) is 35.5 Å². The van der Waals surface area contributed by atoms with Crippen molar-refractivity contribution in [3.8, 4) is 16.8 Å². The lowest BCUT2D eigenvalue weighted by atomic mass is 9.54. The van der Waals surface area contributed by atoms with E-state index in [9.17, 15) is 0 Å². The Morgan fingerprint density at radius 3 is 1.48 bits per heavy atom. The summed E-state index contributed by atoms with van der Waals surface area (Å²) in [6.45, 7) is 10.1. The van der Waals surface area contributed by atoms with Gasteiger partial charge in [-0.15, -0.1) is 0 Å². The maximum atomic E-state index is 6.93. The van der Waals surface area contributed by atoms with Crippen LogP contribution in [0.3, 0.4) is 0 Å². The molecule has 4 aliphatic rings. The zero-order valence-corrected chi connectivity index (χ0v) is 30.2. The molecule has 9 rings (SSSR count). The number of hydrogen-bond acceptors (Lipinski definition) is 0. The number of aromatic nitrogens is 1. The predicted molar refractivity (Wildman–Crippen MR) is 204 cm³/mol. The van der Waals surface area contributed by atoms with Crippen molar-refractivity contribution in [2.75, 3.05) is 0 Å². The van der Waals surface area contributed by atoms with Crippen LogP contribution in [0.4, 0.5) is 0 Å². The minimum Gasteiger partial charge on any atom is -0.309 e. The lowest BCUT2D eigenvalue weighted by Gasteiger charge is -2.50. The molecule has 1 nitrogen and oxygen atoms in total. The van der Waals surface area contributed by atoms with Crippen LogP contribution in [0.5, 0.6) is 0 Å². The molecular formula is C46H52ClN. The second-order valence-corrected chi connectivity index (χ2v) is 18.2. The van der Waals surface area contributed by atoms with Gasteiger partial charge in [0.15, 0.2) is 0 Å². The van der Waals surface area contributed by atoms with E-state index < -0.39 is 0 Å². The average Bonchev–Trinajstić information content (AvgIpc) is 3.37. The van der Waals surface area contributed by atoms with E-state index in [2.05, 4.69) is 117 Å². The first-order valence-corrected chi connectivity index (χ1v) is 19.5. The molecule has 2 heteroatoms. The molecule has 4 aliphatic carbocycles. The second-order valence-electron chi connectivity index (χ2n) is 17.7. The summed E-state index contributed by atoms with van der Waals surface area (Å²) in [5, 5.41) is 3.63. The van der Waals surface area contributed by atoms with Crippen molar-refractivity contribution in [3.05, 3.63) is 101 Å². The molecule has 4 atom stereocenters. The lowest BCUT2D eigenvalue weighted by Crippen LogP contribution is -2.42. The summed E-state index contributed by atoms with van der Waals surface area (Å²) in [5.41, 5.74) is 9.91. The molecule has 0 amide bonds. The van der Waals surface area contributed by atoms with Crippen molar-refractivity contribution in [1.82, 2.24) is 4.57 Å². The van der Waals surface area contributed by atoms with Crippen LogP contribution in [0.1, 0.15) is 103 Å². The van der Waals surface area contributed by atoms with Crippen molar-refractivity contribution in [2.45, 2.75) is 103 Å². The highest BCUT2D eigenvalue weighted by molar-refractivity contribution is 6.31. The number of nitrogens with zero attached hydrogens (tertiary/aromatic N) is 1. The molecule has 1 heterocycles. The molecule has 4 aromatic carbocycles. The van der Waals surface area contributed by atoms with Gasteiger partial charge < -0.3 is 4.57 Å². The highest BCUT2D eigenvalue weighted by atomic mass is 35.5. The fourth-order valence-electron chi connectivity index (χ4n) is 12.6. The van der Waals surface area contributed by atoms with Crippen molar-refractivity contribution < 1.29 is 0 Å². The monoisotopic (exact) mass is 653 g/mol. The first-order chi connectivity index (χ1) is 23.2. The van der Waals surface area contributed by atoms with Gasteiger partial charge in [-0.3, -0.25) is 0 Å². The predicted octanol–water partition coefficient (Wildman–Crippen LogP) is 13.3. The first kappa shape index (κ1) is 31.0. The Morgan fingerprint density at radius 2 is 1.00 bits per heavy atom. The molecule has 4 unspecified atom stereocenters. The van der Waals surface area contributed by atoms with Gasteiger partial charge in [0, 0.05) is 21.5 Å². The number of fused-ring (bicyclic) bond motifs is 7. The van der Waals surface area contributed by atoms with Crippen molar-refractivity contribution in [1.29, 1.82) is 0 Å². The number of benzene rings is 4. The molecule has 248 valence electrons. The van der Waals surface area contributed by atoms with Crippen LogP contribution < -0.4 is 0 Å². The largest absolute Gasteiger partial charge is 0.309 e. The van der Waals surface area contributed by atoms with E-state index in [1.165, 1.54) is 91.6 Å². The van der Waals surface area contributed by atoms with Crippen LogP contribution in [0.15, 0.2) is 84.9 Å². The maximum absolute atomic E-state index is 6.93. The molecule has 1 aromatic heterocycles. The van der Waals surface area contributed by atoms with E-state index in [1.807, 2.05) is 0 Å². The molecule has 48 heavy (non-hydrogen) atoms. The highest BCUT2D eigenvalue weighted by Gasteiger charge is 2.47. The van der Waals surface area contributed by atoms with Crippen LogP contribution in [-0.4, -0.2) is 4.57 Å². The molecule has 4 saturated carbocycles. The first-order valence-electron chi connectivity index (χ1n) is 19.1. The van der Waals surface area contributed by atoms with E-state index in [1.54, 1.807) is 11.1 Å². The summed E-state index contributed by atoms with van der Waals surface area (Å²) in [6.07, 6.45) is 13.7. The van der Waals surface area contributed by atoms with Gasteiger partial charge >= 0.3 is 0 Å². The smallest absolute Gasteiger partial charge is 0.0541 e. The van der Waals surface area contributed by atoms with Gasteiger partial charge in [-0.2, -0.15) is 0 Å². The summed E-state index contributed by atoms with van der Waals surface area (Å²) in [6, 6.07) is 32.6. The topological polar surface area (TPSA) is 4.93 Å². The van der Waals surface area contributed by atoms with Gasteiger partial charge in [0.25, 0.3) is 0 Å². The average molecular weight is 654 g/mol. The van der Waals surface area contributed by atoms with E-state index in [0.717, 1.165) is 51.8 Å². The minimum absolute atomic E-state index is 0.306. The van der Waals surface area contributed by atoms with Crippen LogP contribution in [0.2, 0.25) is 5.02 Å². The van der Waals surface area contributed by atoms with Gasteiger partial charge in [-0.25, -0.2) is 0 Å². The Labute approximate surface area is 293 Å². The number of hydrogen-bond donors (Lipinski definition) is 0. The standard InChI is InChI=1S/C46H52ClN/c1-29-14-33-15-30(2)24-45(23-29,27-33)37-10-12-43-41(20-37)42-21-38(46-25-31(3)16-34(28-46)17-32(4)26-46)11-13-44(42)48(43)40-19-36(18-39(47)22-40)35-8-6-5-7-9-35/h5-13,18-22,29-34H,14-17,23-28H2,1-4H3. The second kappa shape index (κ2) is 11.5. The third-order valence-electron chi connectivity index (χ3n) is 13.5. The molecule has 0 N–H and O–H groups in total. The zero-order chi connectivity index (χ0) is 32.8. The third-order valence-corrected chi connectivity index (χ3v) is 13.7. The van der Waals surface area contributed by atoms with Crippen LogP contribution >= 0.6 is 11.6 Å². The summed E-state index contributed by atoms with van der Waals surface area (Å²) >= 11 is 6.93. The Balaban J connectivity index is 1.27. The fourth-order valence-corrected chi connectivity index (χ4v) is 12.8. The van der Waals surface area contributed by atoms with Crippen molar-refractivity contribution in [3.63, 3.8) is 0 Å². The molecule has 0 aliphatic heterocycles.